The average molecular weight is 388 g/mol. The molecule has 1 aliphatic rings. The van der Waals surface area contributed by atoms with Gasteiger partial charge >= 0.3 is 0 Å². The number of hydrogen-bond acceptors (Lipinski definition) is 2. The third-order valence-corrected chi connectivity index (χ3v) is 4.89. The summed E-state index contributed by atoms with van der Waals surface area (Å²) in [5, 5.41) is 0. The van der Waals surface area contributed by atoms with E-state index in [-0.39, 0.29) is 12.0 Å². The van der Waals surface area contributed by atoms with E-state index in [0.29, 0.717) is 13.2 Å². The van der Waals surface area contributed by atoms with Gasteiger partial charge in [0.15, 0.2) is 0 Å². The highest BCUT2D eigenvalue weighted by Crippen LogP contribution is 2.18. The van der Waals surface area contributed by atoms with E-state index in [9.17, 15) is 4.79 Å². The minimum absolute atomic E-state index is 0.104. The topological polar surface area (TPSA) is 29.5 Å². The van der Waals surface area contributed by atoms with Crippen molar-refractivity contribution in [3.63, 3.8) is 0 Å². The summed E-state index contributed by atoms with van der Waals surface area (Å²) in [7, 11) is 0. The molecule has 1 heterocycles. The highest BCUT2D eigenvalue weighted by Gasteiger charge is 2.24. The number of amides is 1. The molecule has 3 rings (SSSR count). The van der Waals surface area contributed by atoms with Crippen LogP contribution in [0, 0.1) is 6.92 Å². The van der Waals surface area contributed by atoms with Crippen molar-refractivity contribution in [1.82, 2.24) is 4.90 Å². The molecule has 1 amide bonds. The quantitative estimate of drug-likeness (QED) is 0.768. The lowest BCUT2D eigenvalue weighted by Gasteiger charge is -2.32. The zero-order valence-electron chi connectivity index (χ0n) is 13.9. The molecule has 2 aromatic rings. The number of rotatable bonds is 4. The molecule has 0 spiro atoms. The molecule has 0 saturated carbocycles. The Kier molecular flexibility index (Phi) is 5.69. The Morgan fingerprint density at radius 3 is 2.58 bits per heavy atom. The van der Waals surface area contributed by atoms with Gasteiger partial charge in [-0.1, -0.05) is 45.8 Å². The zero-order chi connectivity index (χ0) is 16.9. The molecule has 0 aromatic heterocycles. The van der Waals surface area contributed by atoms with Gasteiger partial charge in [0, 0.05) is 23.1 Å². The molecule has 0 radical (unpaired) electrons. The summed E-state index contributed by atoms with van der Waals surface area (Å²) < 4.78 is 7.10. The second-order valence-electron chi connectivity index (χ2n) is 6.32. The minimum Gasteiger partial charge on any atom is -0.372 e. The first-order valence-corrected chi connectivity index (χ1v) is 9.13. The lowest BCUT2D eigenvalue weighted by molar-refractivity contribution is -0.00673. The summed E-state index contributed by atoms with van der Waals surface area (Å²) >= 11 is 3.44. The maximum Gasteiger partial charge on any atom is 0.253 e. The Bertz CT molecular complexity index is 682. The third kappa shape index (κ3) is 4.46. The molecular formula is C20H22BrNO2. The molecule has 2 aromatic carbocycles. The molecule has 1 atom stereocenters. The largest absolute Gasteiger partial charge is 0.372 e. The van der Waals surface area contributed by atoms with Gasteiger partial charge in [0.05, 0.1) is 12.7 Å². The van der Waals surface area contributed by atoms with E-state index < -0.39 is 0 Å². The van der Waals surface area contributed by atoms with Crippen LogP contribution in [0.4, 0.5) is 0 Å². The number of nitrogens with zero attached hydrogens (tertiary/aromatic N) is 1. The van der Waals surface area contributed by atoms with Crippen molar-refractivity contribution >= 4 is 21.8 Å². The molecule has 0 bridgehead atoms. The molecule has 3 nitrogen and oxygen atoms in total. The van der Waals surface area contributed by atoms with E-state index >= 15 is 0 Å². The van der Waals surface area contributed by atoms with Crippen LogP contribution in [0.15, 0.2) is 53.0 Å². The highest BCUT2D eigenvalue weighted by molar-refractivity contribution is 9.10. The number of ether oxygens (including phenoxy) is 1. The standard InChI is InChI=1S/C20H22BrNO2/c1-15-4-8-17(9-5-15)20(23)22-12-2-3-19(13-22)24-14-16-6-10-18(21)11-7-16/h4-11,19H,2-3,12-14H2,1H3/t19-/m0/s1. The second-order valence-corrected chi connectivity index (χ2v) is 7.23. The van der Waals surface area contributed by atoms with Gasteiger partial charge in [0.1, 0.15) is 0 Å². The Labute approximate surface area is 151 Å². The van der Waals surface area contributed by atoms with Crippen LogP contribution in [0.5, 0.6) is 0 Å². The summed E-state index contributed by atoms with van der Waals surface area (Å²) in [6, 6.07) is 15.9. The SMILES string of the molecule is Cc1ccc(C(=O)N2CCC[C@H](OCc3ccc(Br)cc3)C2)cc1. The Morgan fingerprint density at radius 1 is 1.17 bits per heavy atom. The van der Waals surface area contributed by atoms with E-state index in [1.165, 1.54) is 5.56 Å². The molecule has 4 heteroatoms. The molecule has 0 aliphatic carbocycles. The van der Waals surface area contributed by atoms with Crippen LogP contribution in [0.25, 0.3) is 0 Å². The Morgan fingerprint density at radius 2 is 1.88 bits per heavy atom. The van der Waals surface area contributed by atoms with Gasteiger partial charge in [-0.25, -0.2) is 0 Å². The van der Waals surface area contributed by atoms with Crippen molar-refractivity contribution in [1.29, 1.82) is 0 Å². The maximum absolute atomic E-state index is 12.6. The molecule has 1 aliphatic heterocycles. The van der Waals surface area contributed by atoms with E-state index in [1.807, 2.05) is 48.2 Å². The number of halogens is 1. The van der Waals surface area contributed by atoms with Crippen LogP contribution in [-0.4, -0.2) is 30.0 Å². The first-order chi connectivity index (χ1) is 11.6. The van der Waals surface area contributed by atoms with Gasteiger partial charge in [-0.05, 0) is 49.6 Å². The minimum atomic E-state index is 0.104. The molecule has 1 fully saturated rings. The van der Waals surface area contributed by atoms with Crippen LogP contribution in [0.2, 0.25) is 0 Å². The van der Waals surface area contributed by atoms with Crippen molar-refractivity contribution in [2.45, 2.75) is 32.5 Å². The van der Waals surface area contributed by atoms with Gasteiger partial charge in [-0.15, -0.1) is 0 Å². The number of aryl methyl sites for hydroxylation is 1. The number of carbonyl (C=O) groups is 1. The molecular weight excluding hydrogens is 366 g/mol. The summed E-state index contributed by atoms with van der Waals surface area (Å²) in [5.74, 6) is 0.104. The fourth-order valence-electron chi connectivity index (χ4n) is 2.93. The van der Waals surface area contributed by atoms with Crippen molar-refractivity contribution in [3.8, 4) is 0 Å². The van der Waals surface area contributed by atoms with Gasteiger partial charge < -0.3 is 9.64 Å². The number of benzene rings is 2. The average Bonchev–Trinajstić information content (AvgIpc) is 2.61. The highest BCUT2D eigenvalue weighted by atomic mass is 79.9. The monoisotopic (exact) mass is 387 g/mol. The third-order valence-electron chi connectivity index (χ3n) is 4.36. The van der Waals surface area contributed by atoms with Gasteiger partial charge in [-0.3, -0.25) is 4.79 Å². The maximum atomic E-state index is 12.6. The predicted octanol–water partition coefficient (Wildman–Crippen LogP) is 4.58. The van der Waals surface area contributed by atoms with Crippen molar-refractivity contribution in [3.05, 3.63) is 69.7 Å². The predicted molar refractivity (Wildman–Crippen MR) is 99.0 cm³/mol. The molecule has 0 N–H and O–H groups in total. The summed E-state index contributed by atoms with van der Waals surface area (Å²) in [4.78, 5) is 14.6. The number of hydrogen-bond donors (Lipinski definition) is 0. The summed E-state index contributed by atoms with van der Waals surface area (Å²) in [6.07, 6.45) is 2.10. The normalized spacial score (nSPS) is 17.8. The number of piperidine rings is 1. The van der Waals surface area contributed by atoms with E-state index in [2.05, 4.69) is 28.1 Å². The zero-order valence-corrected chi connectivity index (χ0v) is 15.5. The first kappa shape index (κ1) is 17.2. The Hall–Kier alpha value is -1.65. The fraction of sp³-hybridized carbons (Fsp3) is 0.350. The van der Waals surface area contributed by atoms with E-state index in [1.54, 1.807) is 0 Å². The van der Waals surface area contributed by atoms with Crippen LogP contribution < -0.4 is 0 Å². The van der Waals surface area contributed by atoms with E-state index in [4.69, 9.17) is 4.74 Å². The van der Waals surface area contributed by atoms with Crippen LogP contribution in [0.1, 0.15) is 34.3 Å². The summed E-state index contributed by atoms with van der Waals surface area (Å²) in [5.41, 5.74) is 3.08. The van der Waals surface area contributed by atoms with Gasteiger partial charge in [0.2, 0.25) is 0 Å². The van der Waals surface area contributed by atoms with Crippen molar-refractivity contribution < 1.29 is 9.53 Å². The van der Waals surface area contributed by atoms with Crippen LogP contribution >= 0.6 is 15.9 Å². The second kappa shape index (κ2) is 7.95. The molecule has 0 unspecified atom stereocenters. The Balaban J connectivity index is 1.56. The van der Waals surface area contributed by atoms with Gasteiger partial charge in [-0.2, -0.15) is 0 Å². The number of likely N-dealkylation sites (tertiary alicyclic amines) is 1. The molecule has 1 saturated heterocycles. The van der Waals surface area contributed by atoms with Crippen LogP contribution in [-0.2, 0) is 11.3 Å². The van der Waals surface area contributed by atoms with Crippen LogP contribution in [0.3, 0.4) is 0 Å². The van der Waals surface area contributed by atoms with E-state index in [0.717, 1.165) is 35.0 Å². The fourth-order valence-corrected chi connectivity index (χ4v) is 3.20. The molecule has 24 heavy (non-hydrogen) atoms. The first-order valence-electron chi connectivity index (χ1n) is 8.34. The molecule has 126 valence electrons. The lowest BCUT2D eigenvalue weighted by atomic mass is 10.1. The number of carbonyl (C=O) groups excluding carboxylic acids is 1. The smallest absolute Gasteiger partial charge is 0.253 e. The van der Waals surface area contributed by atoms with Gasteiger partial charge in [0.25, 0.3) is 5.91 Å². The van der Waals surface area contributed by atoms with Crippen molar-refractivity contribution in [2.24, 2.45) is 0 Å². The summed E-state index contributed by atoms with van der Waals surface area (Å²) in [6.45, 7) is 4.10. The van der Waals surface area contributed by atoms with Crippen molar-refractivity contribution in [2.75, 3.05) is 13.1 Å². The lowest BCUT2D eigenvalue weighted by Crippen LogP contribution is -2.43.